The number of rotatable bonds is 19. The Kier molecular flexibility index (Phi) is 13.6. The Balaban J connectivity index is 1.23. The van der Waals surface area contributed by atoms with Crippen LogP contribution in [-0.2, 0) is 0 Å². The first-order valence-electron chi connectivity index (χ1n) is 14.5. The van der Waals surface area contributed by atoms with Crippen LogP contribution >= 0.6 is 0 Å². The quantitative estimate of drug-likeness (QED) is 0.188. The standard InChI is InChI=1S/C31H48N2O2/c1-2-3-4-5-6-9-14-23-34-29-21-19-28(20-22-29)31-32-25-30(26-33-31)35-24-15-10-7-8-11-16-27-17-12-13-18-27/h19-22,25-27H,2-18,23-24H2,1H3. The van der Waals surface area contributed by atoms with Crippen LogP contribution in [0.15, 0.2) is 36.7 Å². The van der Waals surface area contributed by atoms with Gasteiger partial charge in [-0.15, -0.1) is 0 Å². The summed E-state index contributed by atoms with van der Waals surface area (Å²) >= 11 is 0. The van der Waals surface area contributed by atoms with Crippen molar-refractivity contribution in [2.75, 3.05) is 13.2 Å². The average Bonchev–Trinajstić information content (AvgIpc) is 3.42. The van der Waals surface area contributed by atoms with Crippen LogP contribution in [0, 0.1) is 5.92 Å². The molecule has 1 fully saturated rings. The SMILES string of the molecule is CCCCCCCCCOc1ccc(-c2ncc(OCCCCCCCC3CCCC3)cn2)cc1. The number of benzene rings is 1. The number of hydrogen-bond donors (Lipinski definition) is 0. The Morgan fingerprint density at radius 3 is 1.83 bits per heavy atom. The van der Waals surface area contributed by atoms with Crippen LogP contribution in [0.4, 0.5) is 0 Å². The van der Waals surface area contributed by atoms with Crippen molar-refractivity contribution >= 4 is 0 Å². The van der Waals surface area contributed by atoms with Crippen molar-refractivity contribution in [1.29, 1.82) is 0 Å². The van der Waals surface area contributed by atoms with Gasteiger partial charge in [-0.2, -0.15) is 0 Å². The zero-order chi connectivity index (χ0) is 24.4. The molecular formula is C31H48N2O2. The summed E-state index contributed by atoms with van der Waals surface area (Å²) in [6, 6.07) is 8.08. The van der Waals surface area contributed by atoms with Crippen LogP contribution in [0.25, 0.3) is 11.4 Å². The lowest BCUT2D eigenvalue weighted by molar-refractivity contribution is 0.301. The summed E-state index contributed by atoms with van der Waals surface area (Å²) in [5.41, 5.74) is 0.998. The van der Waals surface area contributed by atoms with Gasteiger partial charge in [-0.3, -0.25) is 0 Å². The molecule has 3 rings (SSSR count). The second kappa shape index (κ2) is 17.3. The minimum Gasteiger partial charge on any atom is -0.494 e. The second-order valence-electron chi connectivity index (χ2n) is 10.3. The second-order valence-corrected chi connectivity index (χ2v) is 10.3. The zero-order valence-electron chi connectivity index (χ0n) is 22.2. The lowest BCUT2D eigenvalue weighted by Crippen LogP contribution is -1.99. The highest BCUT2D eigenvalue weighted by Gasteiger charge is 2.13. The highest BCUT2D eigenvalue weighted by atomic mass is 16.5. The first-order chi connectivity index (χ1) is 17.3. The molecule has 1 aliphatic carbocycles. The van der Waals surface area contributed by atoms with Crippen molar-refractivity contribution in [2.24, 2.45) is 5.92 Å². The van der Waals surface area contributed by atoms with E-state index in [1.165, 1.54) is 96.3 Å². The topological polar surface area (TPSA) is 44.2 Å². The summed E-state index contributed by atoms with van der Waals surface area (Å²) in [7, 11) is 0. The van der Waals surface area contributed by atoms with Crippen LogP contribution in [0.1, 0.15) is 116 Å². The van der Waals surface area contributed by atoms with Crippen LogP contribution in [-0.4, -0.2) is 23.2 Å². The van der Waals surface area contributed by atoms with Gasteiger partial charge in [-0.1, -0.05) is 103 Å². The van der Waals surface area contributed by atoms with E-state index < -0.39 is 0 Å². The minimum atomic E-state index is 0.721. The van der Waals surface area contributed by atoms with E-state index in [2.05, 4.69) is 16.9 Å². The molecule has 2 aromatic rings. The van der Waals surface area contributed by atoms with Crippen molar-refractivity contribution in [1.82, 2.24) is 9.97 Å². The lowest BCUT2D eigenvalue weighted by Gasteiger charge is -2.09. The van der Waals surface area contributed by atoms with E-state index in [4.69, 9.17) is 9.47 Å². The van der Waals surface area contributed by atoms with E-state index in [-0.39, 0.29) is 0 Å². The molecule has 0 N–H and O–H groups in total. The first kappa shape index (κ1) is 27.5. The predicted molar refractivity (Wildman–Crippen MR) is 146 cm³/mol. The zero-order valence-corrected chi connectivity index (χ0v) is 22.2. The van der Waals surface area contributed by atoms with Crippen molar-refractivity contribution in [2.45, 2.75) is 116 Å². The van der Waals surface area contributed by atoms with Crippen molar-refractivity contribution < 1.29 is 9.47 Å². The molecule has 0 atom stereocenters. The molecule has 0 amide bonds. The van der Waals surface area contributed by atoms with Gasteiger partial charge < -0.3 is 9.47 Å². The van der Waals surface area contributed by atoms with Crippen LogP contribution in [0.5, 0.6) is 11.5 Å². The molecule has 4 nitrogen and oxygen atoms in total. The minimum absolute atomic E-state index is 0.721. The Bertz CT molecular complexity index is 770. The number of nitrogens with zero attached hydrogens (tertiary/aromatic N) is 2. The van der Waals surface area contributed by atoms with Gasteiger partial charge in [-0.25, -0.2) is 9.97 Å². The van der Waals surface area contributed by atoms with Crippen molar-refractivity contribution in [3.05, 3.63) is 36.7 Å². The predicted octanol–water partition coefficient (Wildman–Crippen LogP) is 9.18. The van der Waals surface area contributed by atoms with Gasteiger partial charge >= 0.3 is 0 Å². The first-order valence-corrected chi connectivity index (χ1v) is 14.5. The van der Waals surface area contributed by atoms with Gasteiger partial charge in [0.25, 0.3) is 0 Å². The van der Waals surface area contributed by atoms with E-state index in [0.29, 0.717) is 0 Å². The van der Waals surface area contributed by atoms with Crippen molar-refractivity contribution in [3.63, 3.8) is 0 Å². The summed E-state index contributed by atoms with van der Waals surface area (Å²) in [5, 5.41) is 0. The fourth-order valence-corrected chi connectivity index (χ4v) is 5.04. The molecule has 0 aliphatic heterocycles. The highest BCUT2D eigenvalue weighted by molar-refractivity contribution is 5.56. The van der Waals surface area contributed by atoms with Gasteiger partial charge in [-0.05, 0) is 43.0 Å². The summed E-state index contributed by atoms with van der Waals surface area (Å²) in [5.74, 6) is 3.42. The molecule has 4 heteroatoms. The molecule has 1 heterocycles. The van der Waals surface area contributed by atoms with Gasteiger partial charge in [0.15, 0.2) is 11.6 Å². The van der Waals surface area contributed by atoms with Crippen LogP contribution in [0.3, 0.4) is 0 Å². The van der Waals surface area contributed by atoms with E-state index in [1.807, 2.05) is 24.3 Å². The maximum Gasteiger partial charge on any atom is 0.159 e. The Morgan fingerprint density at radius 1 is 0.657 bits per heavy atom. The molecule has 35 heavy (non-hydrogen) atoms. The molecule has 1 aromatic heterocycles. The highest BCUT2D eigenvalue weighted by Crippen LogP contribution is 2.29. The third-order valence-electron chi connectivity index (χ3n) is 7.26. The smallest absolute Gasteiger partial charge is 0.159 e. The Hall–Kier alpha value is -2.10. The van der Waals surface area contributed by atoms with Gasteiger partial charge in [0.2, 0.25) is 0 Å². The molecule has 0 bridgehead atoms. The molecule has 0 radical (unpaired) electrons. The number of hydrogen-bond acceptors (Lipinski definition) is 4. The van der Waals surface area contributed by atoms with Crippen molar-refractivity contribution in [3.8, 4) is 22.9 Å². The molecule has 0 saturated heterocycles. The number of unbranched alkanes of at least 4 members (excludes halogenated alkanes) is 10. The molecule has 0 spiro atoms. The summed E-state index contributed by atoms with van der Waals surface area (Å²) < 4.78 is 11.7. The van der Waals surface area contributed by atoms with Crippen LogP contribution in [0.2, 0.25) is 0 Å². The normalized spacial score (nSPS) is 13.9. The fraction of sp³-hybridized carbons (Fsp3) is 0.677. The fourth-order valence-electron chi connectivity index (χ4n) is 5.04. The molecule has 0 unspecified atom stereocenters. The monoisotopic (exact) mass is 480 g/mol. The average molecular weight is 481 g/mol. The van der Waals surface area contributed by atoms with E-state index in [0.717, 1.165) is 54.9 Å². The molecule has 194 valence electrons. The molecule has 1 aromatic carbocycles. The third kappa shape index (κ3) is 11.5. The van der Waals surface area contributed by atoms with Gasteiger partial charge in [0, 0.05) is 5.56 Å². The summed E-state index contributed by atoms with van der Waals surface area (Å²) in [4.78, 5) is 8.99. The molecule has 1 aliphatic rings. The maximum absolute atomic E-state index is 5.89. The Morgan fingerprint density at radius 2 is 1.20 bits per heavy atom. The summed E-state index contributed by atoms with van der Waals surface area (Å²) in [6.07, 6.45) is 26.5. The number of ether oxygens (including phenoxy) is 2. The lowest BCUT2D eigenvalue weighted by atomic mass is 9.99. The van der Waals surface area contributed by atoms with Gasteiger partial charge in [0.1, 0.15) is 5.75 Å². The van der Waals surface area contributed by atoms with E-state index in [1.54, 1.807) is 12.4 Å². The van der Waals surface area contributed by atoms with E-state index >= 15 is 0 Å². The summed E-state index contributed by atoms with van der Waals surface area (Å²) in [6.45, 7) is 3.79. The third-order valence-corrected chi connectivity index (χ3v) is 7.26. The molecular weight excluding hydrogens is 432 g/mol. The van der Waals surface area contributed by atoms with Crippen LogP contribution < -0.4 is 9.47 Å². The Labute approximate surface area is 214 Å². The maximum atomic E-state index is 5.89. The largest absolute Gasteiger partial charge is 0.494 e. The van der Waals surface area contributed by atoms with E-state index in [9.17, 15) is 0 Å². The molecule has 1 saturated carbocycles. The number of aromatic nitrogens is 2. The van der Waals surface area contributed by atoms with Gasteiger partial charge in [0.05, 0.1) is 25.6 Å².